The van der Waals surface area contributed by atoms with E-state index in [0.29, 0.717) is 70.3 Å². The van der Waals surface area contributed by atoms with Crippen LogP contribution in [-0.4, -0.2) is 62.4 Å². The predicted molar refractivity (Wildman–Crippen MR) is 216 cm³/mol. The lowest BCUT2D eigenvalue weighted by Crippen LogP contribution is -2.19. The van der Waals surface area contributed by atoms with Gasteiger partial charge in [0, 0.05) is 11.1 Å². The number of fused-ring (bicyclic) bond motifs is 2. The average molecular weight is 761 g/mol. The first-order valence-electron chi connectivity index (χ1n) is 19.3. The van der Waals surface area contributed by atoms with Crippen LogP contribution in [0, 0.1) is 11.8 Å². The number of aromatic hydroxyl groups is 2. The van der Waals surface area contributed by atoms with Crippen molar-refractivity contribution in [3.8, 4) is 22.9 Å². The van der Waals surface area contributed by atoms with Crippen molar-refractivity contribution in [3.63, 3.8) is 0 Å². The van der Waals surface area contributed by atoms with E-state index in [9.17, 15) is 30.0 Å². The molecule has 12 nitrogen and oxygen atoms in total. The van der Waals surface area contributed by atoms with Gasteiger partial charge in [0.2, 0.25) is 0 Å². The minimum absolute atomic E-state index is 0.0668. The van der Waals surface area contributed by atoms with E-state index in [1.807, 2.05) is 102 Å². The normalized spacial score (nSPS) is 13.3. The molecule has 0 radical (unpaired) electrons. The summed E-state index contributed by atoms with van der Waals surface area (Å²) in [6.45, 7) is 12.0. The standard InChI is InChI=1S/C44H52N6O6/c1-43(2,3)31-23-27(25-37(39(31)51)49-45-33-17-11-12-18-34(33)46-49)21-29(41(53)54)15-9-7-8-10-16-30(42(55)56)22-28-24-32(44(4,5)6)40(52)38(26-28)50-47-35-19-13-14-20-36(35)48-50/h11-14,17-20,23-26,29-30,51-52H,7-10,15-16,21-22H2,1-6H3,(H,53,54)(H,55,56). The van der Waals surface area contributed by atoms with Crippen LogP contribution in [0.3, 0.4) is 0 Å². The molecule has 4 N–H and O–H groups in total. The summed E-state index contributed by atoms with van der Waals surface area (Å²) in [6, 6.07) is 22.2. The first-order valence-corrected chi connectivity index (χ1v) is 19.3. The van der Waals surface area contributed by atoms with Gasteiger partial charge in [0.25, 0.3) is 0 Å². The highest BCUT2D eigenvalue weighted by Gasteiger charge is 2.27. The topological polar surface area (TPSA) is 176 Å². The van der Waals surface area contributed by atoms with Crippen molar-refractivity contribution >= 4 is 34.0 Å². The van der Waals surface area contributed by atoms with E-state index in [4.69, 9.17) is 0 Å². The van der Waals surface area contributed by atoms with Gasteiger partial charge in [0.05, 0.1) is 11.8 Å². The molecule has 6 aromatic rings. The number of carboxylic acid groups (broad SMARTS) is 2. The number of aromatic nitrogens is 6. The van der Waals surface area contributed by atoms with E-state index >= 15 is 0 Å². The van der Waals surface area contributed by atoms with Gasteiger partial charge in [-0.2, -0.15) is 0 Å². The Morgan fingerprint density at radius 2 is 0.875 bits per heavy atom. The van der Waals surface area contributed by atoms with Gasteiger partial charge in [0.15, 0.2) is 0 Å². The number of rotatable bonds is 15. The van der Waals surface area contributed by atoms with E-state index in [0.717, 1.165) is 24.0 Å². The van der Waals surface area contributed by atoms with Crippen molar-refractivity contribution in [2.45, 2.75) is 104 Å². The van der Waals surface area contributed by atoms with E-state index < -0.39 is 34.6 Å². The first kappa shape index (κ1) is 39.9. The van der Waals surface area contributed by atoms with Crippen molar-refractivity contribution in [1.82, 2.24) is 30.0 Å². The fourth-order valence-corrected chi connectivity index (χ4v) is 7.30. The fraction of sp³-hybridized carbons (Fsp3) is 0.409. The summed E-state index contributed by atoms with van der Waals surface area (Å²) in [7, 11) is 0. The Labute approximate surface area is 326 Å². The Hall–Kier alpha value is -5.78. The Balaban J connectivity index is 1.09. The van der Waals surface area contributed by atoms with Crippen LogP contribution in [-0.2, 0) is 33.3 Å². The lowest BCUT2D eigenvalue weighted by atomic mass is 9.83. The number of hydrogen-bond donors (Lipinski definition) is 4. The van der Waals surface area contributed by atoms with Gasteiger partial charge in [0.1, 0.15) is 44.9 Å². The second kappa shape index (κ2) is 16.1. The second-order valence-electron chi connectivity index (χ2n) is 16.9. The first-order chi connectivity index (χ1) is 26.5. The number of hydrogen-bond acceptors (Lipinski definition) is 8. The van der Waals surface area contributed by atoms with Crippen molar-refractivity contribution in [2.75, 3.05) is 0 Å². The van der Waals surface area contributed by atoms with Crippen LogP contribution in [0.25, 0.3) is 33.4 Å². The molecule has 0 aliphatic heterocycles. The Bertz CT molecular complexity index is 2130. The van der Waals surface area contributed by atoms with E-state index in [1.165, 1.54) is 9.59 Å². The molecule has 0 saturated heterocycles. The molecule has 2 heterocycles. The van der Waals surface area contributed by atoms with Gasteiger partial charge >= 0.3 is 11.9 Å². The third kappa shape index (κ3) is 9.01. The zero-order valence-corrected chi connectivity index (χ0v) is 33.0. The molecule has 0 aliphatic carbocycles. The summed E-state index contributed by atoms with van der Waals surface area (Å²) < 4.78 is 0. The maximum atomic E-state index is 12.5. The van der Waals surface area contributed by atoms with Gasteiger partial charge in [-0.1, -0.05) is 104 Å². The van der Waals surface area contributed by atoms with E-state index in [2.05, 4.69) is 20.4 Å². The lowest BCUT2D eigenvalue weighted by molar-refractivity contribution is -0.143. The number of carboxylic acids is 2. The average Bonchev–Trinajstić information content (AvgIpc) is 3.76. The molecule has 0 spiro atoms. The highest BCUT2D eigenvalue weighted by Crippen LogP contribution is 2.39. The molecule has 0 saturated carbocycles. The number of carbonyl (C=O) groups is 2. The Kier molecular flexibility index (Phi) is 11.5. The van der Waals surface area contributed by atoms with Gasteiger partial charge in [-0.15, -0.1) is 30.0 Å². The Morgan fingerprint density at radius 3 is 1.16 bits per heavy atom. The minimum Gasteiger partial charge on any atom is -0.505 e. The van der Waals surface area contributed by atoms with Crippen LogP contribution in [0.15, 0.2) is 72.8 Å². The minimum atomic E-state index is -0.882. The molecule has 2 aromatic heterocycles. The zero-order chi connectivity index (χ0) is 40.4. The fourth-order valence-electron chi connectivity index (χ4n) is 7.30. The zero-order valence-electron chi connectivity index (χ0n) is 33.0. The van der Waals surface area contributed by atoms with E-state index in [1.54, 1.807) is 12.1 Å². The number of phenols is 2. The number of aliphatic carboxylic acids is 2. The highest BCUT2D eigenvalue weighted by molar-refractivity contribution is 5.75. The quantitative estimate of drug-likeness (QED) is 0.0741. The van der Waals surface area contributed by atoms with Crippen molar-refractivity contribution in [3.05, 3.63) is 95.1 Å². The summed E-state index contributed by atoms with van der Waals surface area (Å²) in [4.78, 5) is 27.8. The lowest BCUT2D eigenvalue weighted by Gasteiger charge is -2.24. The number of phenolic OH excluding ortho intramolecular Hbond substituents is 2. The largest absolute Gasteiger partial charge is 0.505 e. The molecule has 2 unspecified atom stereocenters. The summed E-state index contributed by atoms with van der Waals surface area (Å²) in [5.41, 5.74) is 5.68. The van der Waals surface area contributed by atoms with Crippen molar-refractivity contribution in [1.29, 1.82) is 0 Å². The van der Waals surface area contributed by atoms with Crippen LogP contribution in [0.2, 0.25) is 0 Å². The van der Waals surface area contributed by atoms with Gasteiger partial charge in [-0.3, -0.25) is 9.59 Å². The van der Waals surface area contributed by atoms with Crippen LogP contribution >= 0.6 is 0 Å². The number of benzene rings is 4. The molecule has 4 aromatic carbocycles. The third-order valence-corrected chi connectivity index (χ3v) is 10.4. The predicted octanol–water partition coefficient (Wildman–Crippen LogP) is 8.69. The van der Waals surface area contributed by atoms with Crippen LogP contribution in [0.1, 0.15) is 102 Å². The molecule has 0 bridgehead atoms. The SMILES string of the molecule is CC(C)(C)c1cc(CC(CCCCCCC(Cc2cc(-n3nc4ccccc4n3)c(O)c(C(C)(C)C)c2)C(=O)O)C(=O)O)cc(-n2nc3ccccc3n2)c1O. The molecule has 0 aliphatic rings. The molecular formula is C44H52N6O6. The summed E-state index contributed by atoms with van der Waals surface area (Å²) in [5, 5.41) is 61.3. The van der Waals surface area contributed by atoms with Gasteiger partial charge in [-0.05, 0) is 84.0 Å². The van der Waals surface area contributed by atoms with Crippen LogP contribution < -0.4 is 0 Å². The summed E-state index contributed by atoms with van der Waals surface area (Å²) in [5.74, 6) is -2.91. The molecule has 0 fully saturated rings. The van der Waals surface area contributed by atoms with Crippen molar-refractivity contribution in [2.24, 2.45) is 11.8 Å². The number of nitrogens with zero attached hydrogens (tertiary/aromatic N) is 6. The van der Waals surface area contributed by atoms with Crippen molar-refractivity contribution < 1.29 is 30.0 Å². The molecule has 2 atom stereocenters. The molecule has 12 heteroatoms. The monoisotopic (exact) mass is 760 g/mol. The molecule has 0 amide bonds. The highest BCUT2D eigenvalue weighted by atomic mass is 16.4. The second-order valence-corrected chi connectivity index (χ2v) is 16.9. The van der Waals surface area contributed by atoms with Crippen LogP contribution in [0.5, 0.6) is 11.5 Å². The van der Waals surface area contributed by atoms with E-state index in [-0.39, 0.29) is 24.3 Å². The Morgan fingerprint density at radius 1 is 0.554 bits per heavy atom. The smallest absolute Gasteiger partial charge is 0.306 e. The maximum Gasteiger partial charge on any atom is 0.306 e. The number of unbranched alkanes of at least 4 members (excludes halogenated alkanes) is 3. The molecule has 6 rings (SSSR count). The summed E-state index contributed by atoms with van der Waals surface area (Å²) >= 11 is 0. The maximum absolute atomic E-state index is 12.5. The molecular weight excluding hydrogens is 709 g/mol. The van der Waals surface area contributed by atoms with Crippen LogP contribution in [0.4, 0.5) is 0 Å². The summed E-state index contributed by atoms with van der Waals surface area (Å²) in [6.07, 6.45) is 4.38. The van der Waals surface area contributed by atoms with Gasteiger partial charge in [-0.25, -0.2) is 0 Å². The van der Waals surface area contributed by atoms with Gasteiger partial charge < -0.3 is 20.4 Å². The molecule has 56 heavy (non-hydrogen) atoms. The third-order valence-electron chi connectivity index (χ3n) is 10.4. The molecule has 294 valence electrons.